The lowest BCUT2D eigenvalue weighted by atomic mass is 10.0. The van der Waals surface area contributed by atoms with Crippen molar-refractivity contribution in [2.75, 3.05) is 20.1 Å². The van der Waals surface area contributed by atoms with Crippen LogP contribution in [0.15, 0.2) is 41.1 Å². The van der Waals surface area contributed by atoms with Crippen molar-refractivity contribution in [3.8, 4) is 0 Å². The summed E-state index contributed by atoms with van der Waals surface area (Å²) in [5.74, 6) is 0.0621. The van der Waals surface area contributed by atoms with E-state index in [-0.39, 0.29) is 23.9 Å². The van der Waals surface area contributed by atoms with Crippen LogP contribution in [0.4, 0.5) is 0 Å². The molecular formula is C20H25N3O2S. The van der Waals surface area contributed by atoms with Gasteiger partial charge >= 0.3 is 0 Å². The zero-order chi connectivity index (χ0) is 18.7. The zero-order valence-electron chi connectivity index (χ0n) is 15.4. The highest BCUT2D eigenvalue weighted by molar-refractivity contribution is 7.08. The molecule has 2 heterocycles. The van der Waals surface area contributed by atoms with Crippen molar-refractivity contribution in [3.05, 3.63) is 57.8 Å². The highest BCUT2D eigenvalue weighted by Gasteiger charge is 2.36. The average molecular weight is 372 g/mol. The maximum atomic E-state index is 12.5. The number of aryl methyl sites for hydroxylation is 1. The van der Waals surface area contributed by atoms with Crippen molar-refractivity contribution >= 4 is 23.2 Å². The van der Waals surface area contributed by atoms with E-state index in [4.69, 9.17) is 0 Å². The van der Waals surface area contributed by atoms with E-state index >= 15 is 0 Å². The third-order valence-electron chi connectivity index (χ3n) is 4.91. The molecule has 6 heteroatoms. The summed E-state index contributed by atoms with van der Waals surface area (Å²) in [6.07, 6.45) is 0. The van der Waals surface area contributed by atoms with Gasteiger partial charge in [0.1, 0.15) is 0 Å². The molecule has 1 aliphatic rings. The lowest BCUT2D eigenvalue weighted by Gasteiger charge is -2.44. The lowest BCUT2D eigenvalue weighted by Crippen LogP contribution is -2.62. The summed E-state index contributed by atoms with van der Waals surface area (Å²) in [6, 6.07) is 10.0. The number of benzene rings is 1. The van der Waals surface area contributed by atoms with E-state index in [1.54, 1.807) is 4.90 Å². The molecule has 1 saturated heterocycles. The molecule has 138 valence electrons. The lowest BCUT2D eigenvalue weighted by molar-refractivity contribution is -0.142. The van der Waals surface area contributed by atoms with Crippen molar-refractivity contribution in [3.63, 3.8) is 0 Å². The summed E-state index contributed by atoms with van der Waals surface area (Å²) in [5.41, 5.74) is 3.08. The molecule has 5 nitrogen and oxygen atoms in total. The SMILES string of the molecule is Cc1cccc(CN2[C@H](CNC(=O)c3ccsc3)CN(C)C(=O)[C@@H]2C)c1. The van der Waals surface area contributed by atoms with E-state index in [0.29, 0.717) is 25.2 Å². The largest absolute Gasteiger partial charge is 0.350 e. The molecule has 3 rings (SSSR count). The van der Waals surface area contributed by atoms with E-state index in [2.05, 4.69) is 35.3 Å². The minimum atomic E-state index is -0.211. The maximum absolute atomic E-state index is 12.5. The Labute approximate surface area is 158 Å². The van der Waals surface area contributed by atoms with Gasteiger partial charge < -0.3 is 10.2 Å². The van der Waals surface area contributed by atoms with Crippen LogP contribution < -0.4 is 5.32 Å². The van der Waals surface area contributed by atoms with Gasteiger partial charge in [0.15, 0.2) is 0 Å². The summed E-state index contributed by atoms with van der Waals surface area (Å²) >= 11 is 1.51. The molecule has 26 heavy (non-hydrogen) atoms. The molecule has 0 unspecified atom stereocenters. The molecule has 2 atom stereocenters. The number of thiophene rings is 1. The standard InChI is InChI=1S/C20H25N3O2S/c1-14-5-4-6-16(9-14)11-23-15(2)20(25)22(3)12-18(23)10-21-19(24)17-7-8-26-13-17/h4-9,13,15,18H,10-12H2,1-3H3,(H,21,24)/t15-,18+/m0/s1. The minimum absolute atomic E-state index is 0.0611. The third-order valence-corrected chi connectivity index (χ3v) is 5.60. The summed E-state index contributed by atoms with van der Waals surface area (Å²) in [7, 11) is 1.83. The molecule has 1 aromatic carbocycles. The van der Waals surface area contributed by atoms with Gasteiger partial charge in [-0.15, -0.1) is 0 Å². The van der Waals surface area contributed by atoms with Crippen LogP contribution in [-0.4, -0.2) is 53.8 Å². The van der Waals surface area contributed by atoms with Crippen molar-refractivity contribution in [2.24, 2.45) is 0 Å². The highest BCUT2D eigenvalue weighted by Crippen LogP contribution is 2.20. The summed E-state index contributed by atoms with van der Waals surface area (Å²) in [4.78, 5) is 28.7. The number of likely N-dealkylation sites (N-methyl/N-ethyl adjacent to an activating group) is 1. The van der Waals surface area contributed by atoms with Crippen molar-refractivity contribution in [2.45, 2.75) is 32.5 Å². The van der Waals surface area contributed by atoms with Gasteiger partial charge in [0.25, 0.3) is 5.91 Å². The number of hydrogen-bond donors (Lipinski definition) is 1. The molecule has 0 bridgehead atoms. The topological polar surface area (TPSA) is 52.7 Å². The van der Waals surface area contributed by atoms with Gasteiger partial charge in [0, 0.05) is 43.7 Å². The van der Waals surface area contributed by atoms with E-state index in [1.165, 1.54) is 22.5 Å². The number of rotatable bonds is 5. The summed E-state index contributed by atoms with van der Waals surface area (Å²) in [6.45, 7) is 5.84. The normalized spacial score (nSPS) is 21.0. The first kappa shape index (κ1) is 18.6. The van der Waals surface area contributed by atoms with Crippen LogP contribution in [0.5, 0.6) is 0 Å². The third kappa shape index (κ3) is 4.14. The van der Waals surface area contributed by atoms with Gasteiger partial charge in [-0.1, -0.05) is 29.8 Å². The molecule has 0 aliphatic carbocycles. The second-order valence-corrected chi connectivity index (χ2v) is 7.71. The van der Waals surface area contributed by atoms with Crippen molar-refractivity contribution in [1.29, 1.82) is 0 Å². The van der Waals surface area contributed by atoms with Crippen LogP contribution in [0, 0.1) is 6.92 Å². The van der Waals surface area contributed by atoms with Crippen LogP contribution >= 0.6 is 11.3 Å². The van der Waals surface area contributed by atoms with Gasteiger partial charge in [-0.05, 0) is 30.9 Å². The Morgan fingerprint density at radius 2 is 2.15 bits per heavy atom. The number of carbonyl (C=O) groups is 2. The predicted octanol–water partition coefficient (Wildman–Crippen LogP) is 2.52. The number of amides is 2. The quantitative estimate of drug-likeness (QED) is 0.879. The number of nitrogens with one attached hydrogen (secondary N) is 1. The van der Waals surface area contributed by atoms with Crippen LogP contribution in [0.3, 0.4) is 0 Å². The molecule has 1 aromatic heterocycles. The average Bonchev–Trinajstić information content (AvgIpc) is 3.15. The minimum Gasteiger partial charge on any atom is -0.350 e. The first-order valence-corrected chi connectivity index (χ1v) is 9.76. The Morgan fingerprint density at radius 3 is 2.85 bits per heavy atom. The number of carbonyl (C=O) groups excluding carboxylic acids is 2. The molecule has 0 saturated carbocycles. The highest BCUT2D eigenvalue weighted by atomic mass is 32.1. The number of nitrogens with zero attached hydrogens (tertiary/aromatic N) is 2. The van der Waals surface area contributed by atoms with E-state index in [1.807, 2.05) is 36.9 Å². The van der Waals surface area contributed by atoms with Crippen LogP contribution in [0.2, 0.25) is 0 Å². The molecular weight excluding hydrogens is 346 g/mol. The van der Waals surface area contributed by atoms with Gasteiger partial charge in [0.2, 0.25) is 5.91 Å². The smallest absolute Gasteiger partial charge is 0.252 e. The molecule has 1 aliphatic heterocycles. The van der Waals surface area contributed by atoms with Crippen molar-refractivity contribution in [1.82, 2.24) is 15.1 Å². The zero-order valence-corrected chi connectivity index (χ0v) is 16.3. The first-order chi connectivity index (χ1) is 12.5. The monoisotopic (exact) mass is 371 g/mol. The second kappa shape index (κ2) is 8.01. The fourth-order valence-electron chi connectivity index (χ4n) is 3.46. The number of hydrogen-bond acceptors (Lipinski definition) is 4. The molecule has 1 fully saturated rings. The van der Waals surface area contributed by atoms with Crippen LogP contribution in [0.1, 0.15) is 28.4 Å². The Morgan fingerprint density at radius 1 is 1.35 bits per heavy atom. The Bertz CT molecular complexity index is 775. The van der Waals surface area contributed by atoms with Crippen LogP contribution in [0.25, 0.3) is 0 Å². The first-order valence-electron chi connectivity index (χ1n) is 8.82. The van der Waals surface area contributed by atoms with Crippen molar-refractivity contribution < 1.29 is 9.59 Å². The maximum Gasteiger partial charge on any atom is 0.252 e. The summed E-state index contributed by atoms with van der Waals surface area (Å²) < 4.78 is 0. The predicted molar refractivity (Wildman–Crippen MR) is 104 cm³/mol. The Balaban J connectivity index is 1.73. The van der Waals surface area contributed by atoms with Gasteiger partial charge in [0.05, 0.1) is 6.04 Å². The molecule has 2 amide bonds. The molecule has 0 radical (unpaired) electrons. The van der Waals surface area contributed by atoms with E-state index < -0.39 is 0 Å². The fraction of sp³-hybridized carbons (Fsp3) is 0.400. The van der Waals surface area contributed by atoms with Gasteiger partial charge in [-0.2, -0.15) is 11.3 Å². The van der Waals surface area contributed by atoms with Crippen LogP contribution in [-0.2, 0) is 11.3 Å². The molecule has 0 spiro atoms. The second-order valence-electron chi connectivity index (χ2n) is 6.93. The van der Waals surface area contributed by atoms with Gasteiger partial charge in [-0.3, -0.25) is 14.5 Å². The molecule has 1 N–H and O–H groups in total. The Kier molecular flexibility index (Phi) is 5.74. The molecule has 2 aromatic rings. The van der Waals surface area contributed by atoms with Gasteiger partial charge in [-0.25, -0.2) is 0 Å². The van der Waals surface area contributed by atoms with E-state index in [9.17, 15) is 9.59 Å². The summed E-state index contributed by atoms with van der Waals surface area (Å²) in [5, 5.41) is 6.77. The fourth-order valence-corrected chi connectivity index (χ4v) is 4.10. The van der Waals surface area contributed by atoms with E-state index in [0.717, 1.165) is 0 Å². The number of piperazine rings is 1. The Hall–Kier alpha value is -2.18.